The third kappa shape index (κ3) is 2.40. The number of fused-ring (bicyclic) bond motifs is 1. The van der Waals surface area contributed by atoms with Crippen LogP contribution in [-0.2, 0) is 6.42 Å². The predicted octanol–water partition coefficient (Wildman–Crippen LogP) is 4.18. The molecule has 0 amide bonds. The van der Waals surface area contributed by atoms with Crippen molar-refractivity contribution in [1.29, 1.82) is 0 Å². The summed E-state index contributed by atoms with van der Waals surface area (Å²) >= 11 is 5.82. The molecule has 3 heteroatoms. The highest BCUT2D eigenvalue weighted by molar-refractivity contribution is 6.32. The SMILES string of the molecule is Oc1cc(Cc2ccnc3ccccc23)ccc1Cl. The number of benzene rings is 2. The van der Waals surface area contributed by atoms with Crippen LogP contribution in [0.5, 0.6) is 5.75 Å². The third-order valence-electron chi connectivity index (χ3n) is 3.14. The first kappa shape index (κ1) is 12.0. The molecule has 3 rings (SSSR count). The number of aromatic hydroxyl groups is 1. The highest BCUT2D eigenvalue weighted by atomic mass is 35.5. The number of phenols is 1. The van der Waals surface area contributed by atoms with Gasteiger partial charge in [-0.2, -0.15) is 0 Å². The summed E-state index contributed by atoms with van der Waals surface area (Å²) in [4.78, 5) is 4.34. The van der Waals surface area contributed by atoms with E-state index in [1.54, 1.807) is 12.1 Å². The second kappa shape index (κ2) is 4.90. The van der Waals surface area contributed by atoms with Crippen LogP contribution < -0.4 is 0 Å². The smallest absolute Gasteiger partial charge is 0.134 e. The summed E-state index contributed by atoms with van der Waals surface area (Å²) in [5.74, 6) is 0.123. The molecule has 0 aliphatic carbocycles. The molecule has 0 fully saturated rings. The Labute approximate surface area is 116 Å². The summed E-state index contributed by atoms with van der Waals surface area (Å²) in [6.45, 7) is 0. The van der Waals surface area contributed by atoms with E-state index in [1.165, 1.54) is 5.56 Å². The predicted molar refractivity (Wildman–Crippen MR) is 77.7 cm³/mol. The van der Waals surface area contributed by atoms with Crippen LogP contribution in [0.1, 0.15) is 11.1 Å². The molecular weight excluding hydrogens is 258 g/mol. The number of nitrogens with zero attached hydrogens (tertiary/aromatic N) is 1. The molecule has 3 aromatic rings. The highest BCUT2D eigenvalue weighted by Crippen LogP contribution is 2.26. The van der Waals surface area contributed by atoms with Crippen LogP contribution in [-0.4, -0.2) is 10.1 Å². The summed E-state index contributed by atoms with van der Waals surface area (Å²) in [6, 6.07) is 15.4. The largest absolute Gasteiger partial charge is 0.506 e. The molecule has 0 atom stereocenters. The van der Waals surface area contributed by atoms with E-state index in [2.05, 4.69) is 11.1 Å². The zero-order chi connectivity index (χ0) is 13.2. The summed E-state index contributed by atoms with van der Waals surface area (Å²) in [5.41, 5.74) is 3.20. The molecule has 1 N–H and O–H groups in total. The molecule has 0 saturated heterocycles. The molecule has 2 aromatic carbocycles. The van der Waals surface area contributed by atoms with Gasteiger partial charge in [0.15, 0.2) is 0 Å². The first-order chi connectivity index (χ1) is 9.24. The van der Waals surface area contributed by atoms with Crippen LogP contribution in [0.15, 0.2) is 54.7 Å². The molecule has 0 aliphatic heterocycles. The van der Waals surface area contributed by atoms with Crippen LogP contribution in [0.4, 0.5) is 0 Å². The number of pyridine rings is 1. The van der Waals surface area contributed by atoms with Gasteiger partial charge in [-0.15, -0.1) is 0 Å². The molecule has 19 heavy (non-hydrogen) atoms. The van der Waals surface area contributed by atoms with Crippen molar-refractivity contribution in [2.75, 3.05) is 0 Å². The lowest BCUT2D eigenvalue weighted by Gasteiger charge is -2.07. The van der Waals surface area contributed by atoms with Gasteiger partial charge in [0.2, 0.25) is 0 Å². The van der Waals surface area contributed by atoms with Gasteiger partial charge in [-0.3, -0.25) is 4.98 Å². The van der Waals surface area contributed by atoms with E-state index < -0.39 is 0 Å². The Bertz CT molecular complexity index is 734. The van der Waals surface area contributed by atoms with E-state index >= 15 is 0 Å². The summed E-state index contributed by atoms with van der Waals surface area (Å²) in [6.07, 6.45) is 2.56. The highest BCUT2D eigenvalue weighted by Gasteiger charge is 2.05. The quantitative estimate of drug-likeness (QED) is 0.757. The summed E-state index contributed by atoms with van der Waals surface area (Å²) in [5, 5.41) is 11.2. The van der Waals surface area contributed by atoms with Crippen LogP contribution in [0.2, 0.25) is 5.02 Å². The van der Waals surface area contributed by atoms with E-state index in [4.69, 9.17) is 11.6 Å². The molecule has 0 unspecified atom stereocenters. The average Bonchev–Trinajstić information content (AvgIpc) is 2.43. The van der Waals surface area contributed by atoms with Gasteiger partial charge in [0, 0.05) is 11.6 Å². The Hall–Kier alpha value is -2.06. The molecule has 1 aromatic heterocycles. The maximum Gasteiger partial charge on any atom is 0.134 e. The van der Waals surface area contributed by atoms with Gasteiger partial charge in [-0.05, 0) is 41.8 Å². The fourth-order valence-electron chi connectivity index (χ4n) is 2.20. The van der Waals surface area contributed by atoms with Crippen molar-refractivity contribution >= 4 is 22.5 Å². The second-order valence-corrected chi connectivity index (χ2v) is 4.86. The maximum absolute atomic E-state index is 9.65. The molecule has 1 heterocycles. The second-order valence-electron chi connectivity index (χ2n) is 4.45. The molecule has 0 radical (unpaired) electrons. The maximum atomic E-state index is 9.65. The van der Waals surface area contributed by atoms with Gasteiger partial charge in [0.1, 0.15) is 5.75 Å². The minimum Gasteiger partial charge on any atom is -0.506 e. The Balaban J connectivity index is 2.03. The summed E-state index contributed by atoms with van der Waals surface area (Å²) < 4.78 is 0. The lowest BCUT2D eigenvalue weighted by Crippen LogP contribution is -1.91. The number of hydrogen-bond donors (Lipinski definition) is 1. The van der Waals surface area contributed by atoms with Crippen molar-refractivity contribution in [1.82, 2.24) is 4.98 Å². The number of aromatic nitrogens is 1. The van der Waals surface area contributed by atoms with Crippen LogP contribution >= 0.6 is 11.6 Å². The Morgan fingerprint density at radius 2 is 1.89 bits per heavy atom. The zero-order valence-electron chi connectivity index (χ0n) is 10.2. The summed E-state index contributed by atoms with van der Waals surface area (Å²) in [7, 11) is 0. The fourth-order valence-corrected chi connectivity index (χ4v) is 2.31. The first-order valence-electron chi connectivity index (χ1n) is 6.04. The van der Waals surface area contributed by atoms with E-state index in [-0.39, 0.29) is 5.75 Å². The number of hydrogen-bond acceptors (Lipinski definition) is 2. The normalized spacial score (nSPS) is 10.8. The minimum atomic E-state index is 0.123. The molecule has 94 valence electrons. The van der Waals surface area contributed by atoms with Crippen molar-refractivity contribution in [2.24, 2.45) is 0 Å². The Morgan fingerprint density at radius 1 is 1.05 bits per heavy atom. The Morgan fingerprint density at radius 3 is 2.74 bits per heavy atom. The van der Waals surface area contributed by atoms with Gasteiger partial charge in [0.25, 0.3) is 0 Å². The molecular formula is C16H12ClNO. The number of rotatable bonds is 2. The molecule has 0 saturated carbocycles. The van der Waals surface area contributed by atoms with E-state index in [0.29, 0.717) is 5.02 Å². The van der Waals surface area contributed by atoms with Crippen LogP contribution in [0, 0.1) is 0 Å². The lowest BCUT2D eigenvalue weighted by molar-refractivity contribution is 0.475. The first-order valence-corrected chi connectivity index (χ1v) is 6.42. The molecule has 0 bridgehead atoms. The van der Waals surface area contributed by atoms with Gasteiger partial charge in [0.05, 0.1) is 10.5 Å². The number of para-hydroxylation sites is 1. The van der Waals surface area contributed by atoms with Gasteiger partial charge in [-0.1, -0.05) is 35.9 Å². The topological polar surface area (TPSA) is 33.1 Å². The van der Waals surface area contributed by atoms with Crippen LogP contribution in [0.25, 0.3) is 10.9 Å². The van der Waals surface area contributed by atoms with Crippen molar-refractivity contribution in [3.8, 4) is 5.75 Å². The number of phenolic OH excluding ortho intramolecular Hbond substituents is 1. The molecule has 2 nitrogen and oxygen atoms in total. The van der Waals surface area contributed by atoms with Gasteiger partial charge in [-0.25, -0.2) is 0 Å². The Kier molecular flexibility index (Phi) is 3.10. The van der Waals surface area contributed by atoms with Gasteiger partial charge >= 0.3 is 0 Å². The fraction of sp³-hybridized carbons (Fsp3) is 0.0625. The van der Waals surface area contributed by atoms with Gasteiger partial charge < -0.3 is 5.11 Å². The van der Waals surface area contributed by atoms with Crippen molar-refractivity contribution in [3.63, 3.8) is 0 Å². The number of halogens is 1. The van der Waals surface area contributed by atoms with E-state index in [9.17, 15) is 5.11 Å². The van der Waals surface area contributed by atoms with Crippen molar-refractivity contribution in [3.05, 3.63) is 70.9 Å². The third-order valence-corrected chi connectivity index (χ3v) is 3.46. The lowest BCUT2D eigenvalue weighted by atomic mass is 10.0. The zero-order valence-corrected chi connectivity index (χ0v) is 10.9. The van der Waals surface area contributed by atoms with Crippen molar-refractivity contribution in [2.45, 2.75) is 6.42 Å². The van der Waals surface area contributed by atoms with E-state index in [0.717, 1.165) is 22.9 Å². The standard InChI is InChI=1S/C16H12ClNO/c17-14-6-5-11(10-16(14)19)9-12-7-8-18-15-4-2-1-3-13(12)15/h1-8,10,19H,9H2. The minimum absolute atomic E-state index is 0.123. The van der Waals surface area contributed by atoms with E-state index in [1.807, 2.05) is 36.5 Å². The average molecular weight is 270 g/mol. The van der Waals surface area contributed by atoms with Crippen LogP contribution in [0.3, 0.4) is 0 Å². The monoisotopic (exact) mass is 269 g/mol. The molecule has 0 aliphatic rings. The van der Waals surface area contributed by atoms with Crippen molar-refractivity contribution < 1.29 is 5.11 Å². The molecule has 0 spiro atoms.